The monoisotopic (exact) mass is 243 g/mol. The molecule has 1 aliphatic carbocycles. The van der Waals surface area contributed by atoms with Crippen LogP contribution >= 0.6 is 0 Å². The van der Waals surface area contributed by atoms with Gasteiger partial charge in [0, 0.05) is 6.04 Å². The summed E-state index contributed by atoms with van der Waals surface area (Å²) in [6, 6.07) is 7.26. The summed E-state index contributed by atoms with van der Waals surface area (Å²) in [7, 11) is 0. The summed E-state index contributed by atoms with van der Waals surface area (Å²) in [5.74, 6) is 0. The van der Waals surface area contributed by atoms with Crippen LogP contribution in [0, 0.1) is 6.92 Å². The van der Waals surface area contributed by atoms with Gasteiger partial charge >= 0.3 is 6.18 Å². The fraction of sp³-hybridized carbons (Fsp3) is 0.538. The lowest BCUT2D eigenvalue weighted by atomic mass is 10.0. The molecule has 1 saturated carbocycles. The zero-order chi connectivity index (χ0) is 12.7. The Morgan fingerprint density at radius 1 is 1.24 bits per heavy atom. The van der Waals surface area contributed by atoms with E-state index in [1.54, 1.807) is 6.92 Å². The molecule has 1 atom stereocenters. The van der Waals surface area contributed by atoms with Gasteiger partial charge in [0.25, 0.3) is 0 Å². The highest BCUT2D eigenvalue weighted by atomic mass is 19.4. The standard InChI is InChI=1S/C13H16F3N/c1-9-5-3-4-6-11(9)10(2)17-12(7-8-12)13(14,15)16/h3-6,10,17H,7-8H2,1-2H3. The molecule has 0 spiro atoms. The minimum absolute atomic E-state index is 0.187. The van der Waals surface area contributed by atoms with Crippen LogP contribution in [0.3, 0.4) is 0 Å². The molecule has 1 nitrogen and oxygen atoms in total. The van der Waals surface area contributed by atoms with Crippen LogP contribution < -0.4 is 5.32 Å². The molecule has 0 amide bonds. The number of benzene rings is 1. The molecule has 0 aliphatic heterocycles. The molecule has 2 rings (SSSR count). The molecule has 0 saturated heterocycles. The van der Waals surface area contributed by atoms with Crippen molar-refractivity contribution in [1.29, 1.82) is 0 Å². The number of hydrogen-bond acceptors (Lipinski definition) is 1. The number of alkyl halides is 3. The summed E-state index contributed by atoms with van der Waals surface area (Å²) >= 11 is 0. The molecule has 1 aromatic carbocycles. The van der Waals surface area contributed by atoms with Gasteiger partial charge in [0.2, 0.25) is 0 Å². The molecule has 1 aliphatic rings. The van der Waals surface area contributed by atoms with Crippen LogP contribution in [0.4, 0.5) is 13.2 Å². The lowest BCUT2D eigenvalue weighted by molar-refractivity contribution is -0.167. The summed E-state index contributed by atoms with van der Waals surface area (Å²) in [6.45, 7) is 3.70. The second-order valence-corrected chi connectivity index (χ2v) is 4.80. The first-order valence-electron chi connectivity index (χ1n) is 5.76. The Bertz CT molecular complexity index is 407. The average molecular weight is 243 g/mol. The van der Waals surface area contributed by atoms with Gasteiger partial charge < -0.3 is 0 Å². The highest BCUT2D eigenvalue weighted by molar-refractivity contribution is 5.29. The molecule has 1 N–H and O–H groups in total. The molecular weight excluding hydrogens is 227 g/mol. The lowest BCUT2D eigenvalue weighted by Gasteiger charge is -2.26. The summed E-state index contributed by atoms with van der Waals surface area (Å²) in [5, 5.41) is 2.74. The maximum Gasteiger partial charge on any atom is 0.406 e. The third kappa shape index (κ3) is 2.32. The number of hydrogen-bond donors (Lipinski definition) is 1. The van der Waals surface area contributed by atoms with Crippen molar-refractivity contribution in [1.82, 2.24) is 5.32 Å². The van der Waals surface area contributed by atoms with Gasteiger partial charge in [-0.05, 0) is 37.8 Å². The van der Waals surface area contributed by atoms with Crippen molar-refractivity contribution in [2.45, 2.75) is 44.4 Å². The molecular formula is C13H16F3N. The van der Waals surface area contributed by atoms with Crippen LogP contribution in [0.5, 0.6) is 0 Å². The highest BCUT2D eigenvalue weighted by Gasteiger charge is 2.63. The Balaban J connectivity index is 2.13. The van der Waals surface area contributed by atoms with E-state index in [2.05, 4.69) is 5.32 Å². The summed E-state index contributed by atoms with van der Waals surface area (Å²) in [6.07, 6.45) is -3.77. The van der Waals surface area contributed by atoms with Crippen LogP contribution in [0.1, 0.15) is 36.9 Å². The molecule has 1 fully saturated rings. The van der Waals surface area contributed by atoms with Gasteiger partial charge in [0.15, 0.2) is 0 Å². The molecule has 4 heteroatoms. The second kappa shape index (κ2) is 4.02. The van der Waals surface area contributed by atoms with Crippen LogP contribution in [0.15, 0.2) is 24.3 Å². The van der Waals surface area contributed by atoms with E-state index >= 15 is 0 Å². The van der Waals surface area contributed by atoms with Gasteiger partial charge in [-0.3, -0.25) is 5.32 Å². The van der Waals surface area contributed by atoms with E-state index in [9.17, 15) is 13.2 Å². The summed E-state index contributed by atoms with van der Waals surface area (Å²) in [4.78, 5) is 0. The van der Waals surface area contributed by atoms with E-state index in [1.807, 2.05) is 31.2 Å². The van der Waals surface area contributed by atoms with Gasteiger partial charge in [-0.25, -0.2) is 0 Å². The second-order valence-electron chi connectivity index (χ2n) is 4.80. The van der Waals surface area contributed by atoms with E-state index in [1.165, 1.54) is 0 Å². The fourth-order valence-corrected chi connectivity index (χ4v) is 2.20. The van der Waals surface area contributed by atoms with Crippen molar-refractivity contribution < 1.29 is 13.2 Å². The largest absolute Gasteiger partial charge is 0.406 e. The predicted octanol–water partition coefficient (Wildman–Crippen LogP) is 3.74. The first-order valence-corrected chi connectivity index (χ1v) is 5.76. The molecule has 0 radical (unpaired) electrons. The van der Waals surface area contributed by atoms with Gasteiger partial charge in [0.1, 0.15) is 5.54 Å². The number of rotatable bonds is 3. The third-order valence-electron chi connectivity index (χ3n) is 3.44. The minimum atomic E-state index is -4.15. The Labute approximate surface area is 99.0 Å². The maximum atomic E-state index is 12.8. The smallest absolute Gasteiger partial charge is 0.297 e. The van der Waals surface area contributed by atoms with Crippen molar-refractivity contribution in [3.63, 3.8) is 0 Å². The third-order valence-corrected chi connectivity index (χ3v) is 3.44. The van der Waals surface area contributed by atoms with Crippen LogP contribution in [-0.2, 0) is 0 Å². The van der Waals surface area contributed by atoms with Crippen molar-refractivity contribution in [3.05, 3.63) is 35.4 Å². The summed E-state index contributed by atoms with van der Waals surface area (Å²) in [5.41, 5.74) is 0.308. The Morgan fingerprint density at radius 2 is 1.82 bits per heavy atom. The number of aryl methyl sites for hydroxylation is 1. The van der Waals surface area contributed by atoms with Crippen LogP contribution in [0.2, 0.25) is 0 Å². The molecule has 94 valence electrons. The maximum absolute atomic E-state index is 12.8. The molecule has 0 heterocycles. The van der Waals surface area contributed by atoms with Crippen molar-refractivity contribution in [3.8, 4) is 0 Å². The van der Waals surface area contributed by atoms with Gasteiger partial charge in [-0.1, -0.05) is 24.3 Å². The number of nitrogens with one attached hydrogen (secondary N) is 1. The SMILES string of the molecule is Cc1ccccc1C(C)NC1(C(F)(F)F)CC1. The van der Waals surface area contributed by atoms with Crippen molar-refractivity contribution >= 4 is 0 Å². The Morgan fingerprint density at radius 3 is 2.29 bits per heavy atom. The van der Waals surface area contributed by atoms with Crippen molar-refractivity contribution in [2.75, 3.05) is 0 Å². The molecule has 0 aromatic heterocycles. The minimum Gasteiger partial charge on any atom is -0.297 e. The predicted molar refractivity (Wildman–Crippen MR) is 60.7 cm³/mol. The van der Waals surface area contributed by atoms with E-state index in [-0.39, 0.29) is 18.9 Å². The first kappa shape index (κ1) is 12.4. The Kier molecular flexibility index (Phi) is 2.94. The molecule has 0 bridgehead atoms. The van der Waals surface area contributed by atoms with Gasteiger partial charge in [-0.15, -0.1) is 0 Å². The van der Waals surface area contributed by atoms with E-state index < -0.39 is 11.7 Å². The summed E-state index contributed by atoms with van der Waals surface area (Å²) < 4.78 is 38.4. The fourth-order valence-electron chi connectivity index (χ4n) is 2.20. The van der Waals surface area contributed by atoms with E-state index in [4.69, 9.17) is 0 Å². The normalized spacial score (nSPS) is 20.1. The quantitative estimate of drug-likeness (QED) is 0.852. The zero-order valence-electron chi connectivity index (χ0n) is 9.93. The Hall–Kier alpha value is -1.03. The van der Waals surface area contributed by atoms with Gasteiger partial charge in [0.05, 0.1) is 0 Å². The topological polar surface area (TPSA) is 12.0 Å². The lowest BCUT2D eigenvalue weighted by Crippen LogP contribution is -2.46. The van der Waals surface area contributed by atoms with Crippen molar-refractivity contribution in [2.24, 2.45) is 0 Å². The first-order chi connectivity index (χ1) is 7.86. The molecule has 1 aromatic rings. The highest BCUT2D eigenvalue weighted by Crippen LogP contribution is 2.50. The van der Waals surface area contributed by atoms with Crippen LogP contribution in [0.25, 0.3) is 0 Å². The zero-order valence-corrected chi connectivity index (χ0v) is 9.93. The van der Waals surface area contributed by atoms with E-state index in [0.717, 1.165) is 11.1 Å². The van der Waals surface area contributed by atoms with Gasteiger partial charge in [-0.2, -0.15) is 13.2 Å². The van der Waals surface area contributed by atoms with Crippen LogP contribution in [-0.4, -0.2) is 11.7 Å². The molecule has 1 unspecified atom stereocenters. The average Bonchev–Trinajstić information content (AvgIpc) is 2.98. The number of halogens is 3. The van der Waals surface area contributed by atoms with E-state index in [0.29, 0.717) is 0 Å². The molecule has 17 heavy (non-hydrogen) atoms.